The summed E-state index contributed by atoms with van der Waals surface area (Å²) in [4.78, 5) is 10.4. The fourth-order valence-electron chi connectivity index (χ4n) is 5.56. The smallest absolute Gasteiger partial charge is 0.309 e. The van der Waals surface area contributed by atoms with E-state index in [0.29, 0.717) is 13.4 Å². The zero-order chi connectivity index (χ0) is 29.1. The van der Waals surface area contributed by atoms with Crippen LogP contribution in [0.4, 0.5) is 0 Å². The Morgan fingerprint density at radius 1 is 0.667 bits per heavy atom. The van der Waals surface area contributed by atoms with E-state index in [1.165, 1.54) is 5.39 Å². The molecule has 2 aromatic heterocycles. The van der Waals surface area contributed by atoms with Gasteiger partial charge < -0.3 is 9.76 Å². The van der Waals surface area contributed by atoms with E-state index in [1.54, 1.807) is 13.8 Å². The van der Waals surface area contributed by atoms with Gasteiger partial charge in [0.2, 0.25) is 5.95 Å². The summed E-state index contributed by atoms with van der Waals surface area (Å²) in [6, 6.07) is 37.8. The molecule has 7 aromatic rings. The minimum Gasteiger partial charge on any atom is -0.427 e. The molecule has 0 saturated carbocycles. The number of nitrogens with zero attached hydrogens (tertiary/aromatic N) is 3. The fraction of sp³-hybridized carbons (Fsp3) is 0.167. The molecule has 0 fully saturated rings. The Hall–Kier alpha value is -4.52. The minimum absolute atomic E-state index is 0.369. The van der Waals surface area contributed by atoms with Gasteiger partial charge in [0, 0.05) is 21.7 Å². The van der Waals surface area contributed by atoms with Crippen molar-refractivity contribution in [2.75, 3.05) is 0 Å². The maximum Gasteiger partial charge on any atom is 0.309 e. The van der Waals surface area contributed by atoms with Crippen LogP contribution in [-0.4, -0.2) is 38.3 Å². The molecule has 2 heterocycles. The van der Waals surface area contributed by atoms with E-state index in [2.05, 4.69) is 102 Å². The van der Waals surface area contributed by atoms with Crippen LogP contribution in [0.25, 0.3) is 60.7 Å². The molecule has 0 aliphatic rings. The first-order chi connectivity index (χ1) is 20.2. The van der Waals surface area contributed by atoms with Gasteiger partial charge in [0.25, 0.3) is 0 Å². The standard InChI is InChI=1S/C36H32BN3O2/c1-35(2,41)36(3,4)42-37-24-20-21-27-26-15-8-10-19-31(26)40(32(27)22-24)34-38-30-18-9-7-16-29(30)33(39-34)28-17-11-13-23-12-5-6-14-25(23)28/h5-22,37,41H,1-4H3. The van der Waals surface area contributed by atoms with Crippen LogP contribution in [0.5, 0.6) is 0 Å². The normalized spacial score (nSPS) is 12.5. The van der Waals surface area contributed by atoms with Crippen LogP contribution in [0.3, 0.4) is 0 Å². The highest BCUT2D eigenvalue weighted by atomic mass is 16.5. The lowest BCUT2D eigenvalue weighted by atomic mass is 9.82. The van der Waals surface area contributed by atoms with Crippen molar-refractivity contribution in [3.05, 3.63) is 109 Å². The Morgan fingerprint density at radius 3 is 2.14 bits per heavy atom. The summed E-state index contributed by atoms with van der Waals surface area (Å²) in [6.45, 7) is 7.39. The second-order valence-electron chi connectivity index (χ2n) is 12.0. The molecule has 7 rings (SSSR count). The molecule has 5 aromatic carbocycles. The van der Waals surface area contributed by atoms with Crippen LogP contribution in [0.1, 0.15) is 27.7 Å². The molecule has 0 bridgehead atoms. The zero-order valence-corrected chi connectivity index (χ0v) is 24.3. The number of aliphatic hydroxyl groups is 1. The predicted octanol–water partition coefficient (Wildman–Crippen LogP) is 7.09. The summed E-state index contributed by atoms with van der Waals surface area (Å²) >= 11 is 0. The highest BCUT2D eigenvalue weighted by Crippen LogP contribution is 2.35. The molecule has 5 nitrogen and oxygen atoms in total. The SMILES string of the molecule is CC(C)(O)C(C)(C)OBc1ccc2c3ccccc3n(-c3nc(-c4cccc5ccccc45)c4ccccc4n3)c2c1. The quantitative estimate of drug-likeness (QED) is 0.225. The first kappa shape index (κ1) is 26.4. The Kier molecular flexibility index (Phi) is 6.15. The van der Waals surface area contributed by atoms with Crippen molar-refractivity contribution in [1.29, 1.82) is 0 Å². The topological polar surface area (TPSA) is 60.2 Å². The third kappa shape index (κ3) is 4.35. The van der Waals surface area contributed by atoms with E-state index < -0.39 is 11.2 Å². The van der Waals surface area contributed by atoms with Crippen LogP contribution >= 0.6 is 0 Å². The summed E-state index contributed by atoms with van der Waals surface area (Å²) in [5.74, 6) is 0.623. The average molecular weight is 549 g/mol. The van der Waals surface area contributed by atoms with Gasteiger partial charge in [-0.25, -0.2) is 9.97 Å². The number of rotatable bonds is 6. The van der Waals surface area contributed by atoms with Crippen LogP contribution in [0.2, 0.25) is 0 Å². The minimum atomic E-state index is -0.983. The predicted molar refractivity (Wildman–Crippen MR) is 175 cm³/mol. The van der Waals surface area contributed by atoms with Gasteiger partial charge >= 0.3 is 7.48 Å². The van der Waals surface area contributed by atoms with E-state index >= 15 is 0 Å². The average Bonchev–Trinajstić information content (AvgIpc) is 3.32. The van der Waals surface area contributed by atoms with Crippen molar-refractivity contribution in [3.8, 4) is 17.2 Å². The summed E-state index contributed by atoms with van der Waals surface area (Å²) < 4.78 is 8.40. The molecule has 206 valence electrons. The lowest BCUT2D eigenvalue weighted by Crippen LogP contribution is -2.49. The molecule has 0 unspecified atom stereocenters. The fourth-order valence-corrected chi connectivity index (χ4v) is 5.56. The van der Waals surface area contributed by atoms with Gasteiger partial charge in [-0.3, -0.25) is 4.57 Å². The van der Waals surface area contributed by atoms with Crippen molar-refractivity contribution in [1.82, 2.24) is 14.5 Å². The summed E-state index contributed by atoms with van der Waals surface area (Å²) in [6.07, 6.45) is 0. The Morgan fingerprint density at radius 2 is 1.33 bits per heavy atom. The van der Waals surface area contributed by atoms with Gasteiger partial charge in [0.05, 0.1) is 33.4 Å². The molecule has 0 radical (unpaired) electrons. The molecule has 0 spiro atoms. The Balaban J connectivity index is 1.46. The van der Waals surface area contributed by atoms with Gasteiger partial charge in [-0.05, 0) is 56.7 Å². The van der Waals surface area contributed by atoms with Crippen LogP contribution in [-0.2, 0) is 4.65 Å². The number of hydrogen-bond donors (Lipinski definition) is 1. The number of benzene rings is 5. The second kappa shape index (κ2) is 9.80. The summed E-state index contributed by atoms with van der Waals surface area (Å²) in [5, 5.41) is 16.2. The molecule has 0 aliphatic carbocycles. The molecule has 0 aliphatic heterocycles. The number of hydrogen-bond acceptors (Lipinski definition) is 4. The maximum absolute atomic E-state index is 10.6. The maximum atomic E-state index is 10.6. The second-order valence-corrected chi connectivity index (χ2v) is 12.0. The van der Waals surface area contributed by atoms with Gasteiger partial charge in [-0.2, -0.15) is 0 Å². The number of para-hydroxylation sites is 2. The molecule has 0 atom stereocenters. The Labute approximate surface area is 245 Å². The van der Waals surface area contributed by atoms with E-state index in [-0.39, 0.29) is 0 Å². The lowest BCUT2D eigenvalue weighted by Gasteiger charge is -2.37. The van der Waals surface area contributed by atoms with Crippen LogP contribution < -0.4 is 5.46 Å². The van der Waals surface area contributed by atoms with E-state index in [0.717, 1.165) is 54.8 Å². The van der Waals surface area contributed by atoms with E-state index in [9.17, 15) is 5.11 Å². The molecule has 42 heavy (non-hydrogen) atoms. The summed E-state index contributed by atoms with van der Waals surface area (Å²) in [5.41, 5.74) is 4.24. The molecule has 0 amide bonds. The molecule has 1 N–H and O–H groups in total. The molecular formula is C36H32BN3O2. The van der Waals surface area contributed by atoms with Crippen LogP contribution in [0, 0.1) is 0 Å². The zero-order valence-electron chi connectivity index (χ0n) is 24.3. The largest absolute Gasteiger partial charge is 0.427 e. The van der Waals surface area contributed by atoms with Crippen molar-refractivity contribution in [2.45, 2.75) is 38.9 Å². The monoisotopic (exact) mass is 549 g/mol. The van der Waals surface area contributed by atoms with Gasteiger partial charge in [-0.15, -0.1) is 0 Å². The first-order valence-electron chi connectivity index (χ1n) is 14.3. The third-order valence-corrected chi connectivity index (χ3v) is 8.65. The van der Waals surface area contributed by atoms with Gasteiger partial charge in [-0.1, -0.05) is 96.5 Å². The van der Waals surface area contributed by atoms with Crippen molar-refractivity contribution in [2.24, 2.45) is 0 Å². The number of aromatic nitrogens is 3. The van der Waals surface area contributed by atoms with Crippen molar-refractivity contribution >= 4 is 56.4 Å². The molecule has 0 saturated heterocycles. The van der Waals surface area contributed by atoms with Gasteiger partial charge in [0.15, 0.2) is 0 Å². The summed E-state index contributed by atoms with van der Waals surface area (Å²) in [7, 11) is 0.369. The van der Waals surface area contributed by atoms with Gasteiger partial charge in [0.1, 0.15) is 0 Å². The van der Waals surface area contributed by atoms with E-state index in [4.69, 9.17) is 14.6 Å². The Bertz CT molecular complexity index is 2120. The van der Waals surface area contributed by atoms with Crippen molar-refractivity contribution in [3.63, 3.8) is 0 Å². The third-order valence-electron chi connectivity index (χ3n) is 8.65. The highest BCUT2D eigenvalue weighted by Gasteiger charge is 2.35. The highest BCUT2D eigenvalue weighted by molar-refractivity contribution is 6.47. The lowest BCUT2D eigenvalue weighted by molar-refractivity contribution is -0.0893. The number of fused-ring (bicyclic) bond motifs is 5. The molecular weight excluding hydrogens is 517 g/mol. The van der Waals surface area contributed by atoms with E-state index in [1.807, 2.05) is 26.0 Å². The molecule has 6 heteroatoms. The van der Waals surface area contributed by atoms with Crippen molar-refractivity contribution < 1.29 is 9.76 Å². The van der Waals surface area contributed by atoms with Crippen LogP contribution in [0.15, 0.2) is 109 Å². The first-order valence-corrected chi connectivity index (χ1v) is 14.3.